The number of likely N-dealkylation sites (tertiary alicyclic amines) is 1. The van der Waals surface area contributed by atoms with Crippen LogP contribution in [0.2, 0.25) is 0 Å². The van der Waals surface area contributed by atoms with Gasteiger partial charge in [-0.3, -0.25) is 4.79 Å². The molecule has 1 amide bonds. The van der Waals surface area contributed by atoms with E-state index in [4.69, 9.17) is 0 Å². The maximum Gasteiger partial charge on any atom is 0.267 e. The molecule has 2 aliphatic rings. The fourth-order valence-electron chi connectivity index (χ4n) is 3.75. The van der Waals surface area contributed by atoms with E-state index in [9.17, 15) is 4.79 Å². The minimum atomic E-state index is 0.0810. The van der Waals surface area contributed by atoms with Gasteiger partial charge in [-0.25, -0.2) is 9.97 Å². The molecule has 0 N–H and O–H groups in total. The number of aromatic nitrogens is 4. The van der Waals surface area contributed by atoms with Crippen LogP contribution in [0.3, 0.4) is 0 Å². The molecule has 2 unspecified atom stereocenters. The van der Waals surface area contributed by atoms with Gasteiger partial charge in [0.05, 0.1) is 5.69 Å². The molecule has 2 fully saturated rings. The van der Waals surface area contributed by atoms with Crippen molar-refractivity contribution < 1.29 is 4.79 Å². The molecule has 0 aromatic carbocycles. The SMILES string of the molecule is Cc1nnsc1C(=O)N1CC2CN(c3ncnc(C)c3C)CC2C1. The zero-order valence-corrected chi connectivity index (χ0v) is 14.9. The summed E-state index contributed by atoms with van der Waals surface area (Å²) in [6, 6.07) is 0. The molecule has 24 heavy (non-hydrogen) atoms. The molecular formula is C16H20N6OS. The second-order valence-electron chi connectivity index (χ2n) is 6.73. The van der Waals surface area contributed by atoms with Crippen LogP contribution in [0.1, 0.15) is 26.6 Å². The molecular weight excluding hydrogens is 324 g/mol. The first kappa shape index (κ1) is 15.4. The van der Waals surface area contributed by atoms with Crippen LogP contribution in [0.4, 0.5) is 5.82 Å². The fraction of sp³-hybridized carbons (Fsp3) is 0.562. The Balaban J connectivity index is 1.46. The fourth-order valence-corrected chi connectivity index (χ4v) is 4.37. The van der Waals surface area contributed by atoms with Crippen LogP contribution in [-0.2, 0) is 0 Å². The molecule has 4 heterocycles. The molecule has 7 nitrogen and oxygen atoms in total. The van der Waals surface area contributed by atoms with Crippen LogP contribution in [0.25, 0.3) is 0 Å². The van der Waals surface area contributed by atoms with E-state index in [0.29, 0.717) is 16.7 Å². The highest BCUT2D eigenvalue weighted by Crippen LogP contribution is 2.35. The van der Waals surface area contributed by atoms with Crippen LogP contribution >= 0.6 is 11.5 Å². The van der Waals surface area contributed by atoms with Crippen molar-refractivity contribution in [2.45, 2.75) is 20.8 Å². The first-order valence-corrected chi connectivity index (χ1v) is 8.93. The van der Waals surface area contributed by atoms with E-state index >= 15 is 0 Å². The number of carbonyl (C=O) groups is 1. The average molecular weight is 344 g/mol. The summed E-state index contributed by atoms with van der Waals surface area (Å²) < 4.78 is 3.88. The zero-order valence-electron chi connectivity index (χ0n) is 14.1. The molecule has 0 spiro atoms. The standard InChI is InChI=1S/C16H20N6OS/c1-9-10(2)17-8-18-15(9)21-4-12-6-22(7-13(12)5-21)16(23)14-11(3)19-20-24-14/h8,12-13H,4-7H2,1-3H3. The van der Waals surface area contributed by atoms with Crippen LogP contribution in [-0.4, -0.2) is 56.5 Å². The van der Waals surface area contributed by atoms with Gasteiger partial charge in [-0.15, -0.1) is 5.10 Å². The topological polar surface area (TPSA) is 75.1 Å². The number of rotatable bonds is 2. The number of amides is 1. The number of hydrogen-bond acceptors (Lipinski definition) is 7. The highest BCUT2D eigenvalue weighted by atomic mass is 32.1. The molecule has 0 aliphatic carbocycles. The van der Waals surface area contributed by atoms with Crippen molar-refractivity contribution in [3.8, 4) is 0 Å². The van der Waals surface area contributed by atoms with Gasteiger partial charge in [0.2, 0.25) is 0 Å². The largest absolute Gasteiger partial charge is 0.356 e. The Morgan fingerprint density at radius 1 is 1.08 bits per heavy atom. The smallest absolute Gasteiger partial charge is 0.267 e. The van der Waals surface area contributed by atoms with Crippen molar-refractivity contribution in [2.24, 2.45) is 11.8 Å². The second kappa shape index (κ2) is 5.77. The van der Waals surface area contributed by atoms with E-state index in [1.807, 2.05) is 18.7 Å². The van der Waals surface area contributed by atoms with E-state index in [2.05, 4.69) is 31.4 Å². The van der Waals surface area contributed by atoms with Gasteiger partial charge in [-0.2, -0.15) is 0 Å². The van der Waals surface area contributed by atoms with E-state index in [1.54, 1.807) is 6.33 Å². The minimum Gasteiger partial charge on any atom is -0.356 e. The number of aryl methyl sites for hydroxylation is 2. The van der Waals surface area contributed by atoms with Gasteiger partial charge >= 0.3 is 0 Å². The Bertz CT molecular complexity index is 777. The summed E-state index contributed by atoms with van der Waals surface area (Å²) in [6.45, 7) is 9.45. The lowest BCUT2D eigenvalue weighted by Gasteiger charge is -2.23. The van der Waals surface area contributed by atoms with Crippen LogP contribution in [0.5, 0.6) is 0 Å². The quantitative estimate of drug-likeness (QED) is 0.821. The van der Waals surface area contributed by atoms with Gasteiger partial charge in [-0.05, 0) is 32.3 Å². The normalized spacial score (nSPS) is 23.0. The van der Waals surface area contributed by atoms with Gasteiger partial charge < -0.3 is 9.80 Å². The van der Waals surface area contributed by atoms with Crippen molar-refractivity contribution in [3.05, 3.63) is 28.2 Å². The molecule has 0 radical (unpaired) electrons. The van der Waals surface area contributed by atoms with E-state index < -0.39 is 0 Å². The van der Waals surface area contributed by atoms with Gasteiger partial charge in [0, 0.05) is 49.3 Å². The third-order valence-electron chi connectivity index (χ3n) is 5.23. The summed E-state index contributed by atoms with van der Waals surface area (Å²) in [4.78, 5) is 26.3. The lowest BCUT2D eigenvalue weighted by atomic mass is 10.0. The number of hydrogen-bond donors (Lipinski definition) is 0. The van der Waals surface area contributed by atoms with Gasteiger partial charge in [0.15, 0.2) is 0 Å². The van der Waals surface area contributed by atoms with E-state index in [-0.39, 0.29) is 5.91 Å². The maximum absolute atomic E-state index is 12.6. The first-order chi connectivity index (χ1) is 11.5. The van der Waals surface area contributed by atoms with Gasteiger partial charge in [0.1, 0.15) is 17.0 Å². The Morgan fingerprint density at radius 3 is 2.42 bits per heavy atom. The monoisotopic (exact) mass is 344 g/mol. The summed E-state index contributed by atoms with van der Waals surface area (Å²) in [5.41, 5.74) is 2.91. The minimum absolute atomic E-state index is 0.0810. The number of anilines is 1. The maximum atomic E-state index is 12.6. The zero-order chi connectivity index (χ0) is 16.8. The Kier molecular flexibility index (Phi) is 3.71. The number of nitrogens with zero attached hydrogens (tertiary/aromatic N) is 6. The van der Waals surface area contributed by atoms with E-state index in [0.717, 1.165) is 48.9 Å². The lowest BCUT2D eigenvalue weighted by molar-refractivity contribution is 0.0786. The molecule has 2 aromatic rings. The lowest BCUT2D eigenvalue weighted by Crippen LogP contribution is -2.33. The molecule has 0 saturated carbocycles. The average Bonchev–Trinajstić information content (AvgIpc) is 3.23. The van der Waals surface area contributed by atoms with Gasteiger partial charge in [-0.1, -0.05) is 4.49 Å². The molecule has 2 saturated heterocycles. The third-order valence-corrected chi connectivity index (χ3v) is 6.04. The third kappa shape index (κ3) is 2.45. The van der Waals surface area contributed by atoms with Crippen molar-refractivity contribution >= 4 is 23.3 Å². The Morgan fingerprint density at radius 2 is 1.79 bits per heavy atom. The molecule has 8 heteroatoms. The highest BCUT2D eigenvalue weighted by Gasteiger charge is 2.43. The van der Waals surface area contributed by atoms with Gasteiger partial charge in [0.25, 0.3) is 5.91 Å². The van der Waals surface area contributed by atoms with Crippen LogP contribution in [0, 0.1) is 32.6 Å². The molecule has 126 valence electrons. The van der Waals surface area contributed by atoms with Crippen LogP contribution < -0.4 is 4.90 Å². The molecule has 4 rings (SSSR count). The predicted molar refractivity (Wildman–Crippen MR) is 91.2 cm³/mol. The first-order valence-electron chi connectivity index (χ1n) is 8.16. The number of fused-ring (bicyclic) bond motifs is 1. The Hall–Kier alpha value is -2.09. The Labute approximate surface area is 144 Å². The van der Waals surface area contributed by atoms with Crippen molar-refractivity contribution in [2.75, 3.05) is 31.1 Å². The van der Waals surface area contributed by atoms with E-state index in [1.165, 1.54) is 11.5 Å². The predicted octanol–water partition coefficient (Wildman–Crippen LogP) is 1.46. The van der Waals surface area contributed by atoms with Crippen LogP contribution in [0.15, 0.2) is 6.33 Å². The second-order valence-corrected chi connectivity index (χ2v) is 7.48. The summed E-state index contributed by atoms with van der Waals surface area (Å²) in [7, 11) is 0. The highest BCUT2D eigenvalue weighted by molar-refractivity contribution is 7.07. The number of carbonyl (C=O) groups excluding carboxylic acids is 1. The molecule has 0 bridgehead atoms. The summed E-state index contributed by atoms with van der Waals surface area (Å²) in [5, 5.41) is 3.95. The van der Waals surface area contributed by atoms with Crippen molar-refractivity contribution in [1.82, 2.24) is 24.5 Å². The molecule has 2 aromatic heterocycles. The van der Waals surface area contributed by atoms with Crippen molar-refractivity contribution in [1.29, 1.82) is 0 Å². The summed E-state index contributed by atoms with van der Waals surface area (Å²) >= 11 is 1.19. The molecule has 2 atom stereocenters. The molecule has 2 aliphatic heterocycles. The summed E-state index contributed by atoms with van der Waals surface area (Å²) in [5.74, 6) is 2.13. The summed E-state index contributed by atoms with van der Waals surface area (Å²) in [6.07, 6.45) is 1.64. The van der Waals surface area contributed by atoms with Crippen molar-refractivity contribution in [3.63, 3.8) is 0 Å².